The lowest BCUT2D eigenvalue weighted by molar-refractivity contribution is -0.385. The molecular weight excluding hydrogens is 302 g/mol. The summed E-state index contributed by atoms with van der Waals surface area (Å²) in [4.78, 5) is 35.1. The van der Waals surface area contributed by atoms with E-state index >= 15 is 0 Å². The van der Waals surface area contributed by atoms with Gasteiger partial charge in [0.15, 0.2) is 12.4 Å². The van der Waals surface area contributed by atoms with E-state index in [4.69, 9.17) is 4.74 Å². The number of carbonyl (C=O) groups excluding carboxylic acids is 2. The molecular formula is C15H21N3O5. The van der Waals surface area contributed by atoms with E-state index in [-0.39, 0.29) is 30.5 Å². The molecule has 126 valence electrons. The third kappa shape index (κ3) is 5.93. The van der Waals surface area contributed by atoms with Gasteiger partial charge in [0.05, 0.1) is 11.5 Å². The van der Waals surface area contributed by atoms with Gasteiger partial charge < -0.3 is 15.0 Å². The Morgan fingerprint density at radius 1 is 1.39 bits per heavy atom. The third-order valence-electron chi connectivity index (χ3n) is 3.04. The lowest BCUT2D eigenvalue weighted by Gasteiger charge is -2.17. The first kappa shape index (κ1) is 18.4. The van der Waals surface area contributed by atoms with Crippen LogP contribution in [0.1, 0.15) is 18.9 Å². The molecule has 0 unspecified atom stereocenters. The number of aryl methyl sites for hydroxylation is 1. The number of nitro groups is 1. The molecule has 1 N–H and O–H groups in total. The molecule has 0 saturated heterocycles. The second-order valence-electron chi connectivity index (χ2n) is 5.12. The number of rotatable bonds is 8. The Balaban J connectivity index is 2.59. The summed E-state index contributed by atoms with van der Waals surface area (Å²) in [6, 6.07) is 4.49. The van der Waals surface area contributed by atoms with Gasteiger partial charge in [-0.3, -0.25) is 19.7 Å². The minimum absolute atomic E-state index is 0.0257. The molecule has 8 heteroatoms. The van der Waals surface area contributed by atoms with E-state index < -0.39 is 10.8 Å². The molecule has 0 bridgehead atoms. The number of hydrogen-bond donors (Lipinski definition) is 1. The van der Waals surface area contributed by atoms with Gasteiger partial charge in [0.1, 0.15) is 0 Å². The SMILES string of the molecule is CCCNC(=O)CN(C)C(=O)COc1ccc(C)cc1[N+](=O)[O-]. The molecule has 1 aromatic rings. The van der Waals surface area contributed by atoms with E-state index in [2.05, 4.69) is 5.32 Å². The van der Waals surface area contributed by atoms with Crippen molar-refractivity contribution >= 4 is 17.5 Å². The number of ether oxygens (including phenoxy) is 1. The fourth-order valence-electron chi connectivity index (χ4n) is 1.77. The first-order valence-electron chi connectivity index (χ1n) is 7.23. The molecule has 0 aliphatic heterocycles. The van der Waals surface area contributed by atoms with Gasteiger partial charge in [-0.15, -0.1) is 0 Å². The average molecular weight is 323 g/mol. The maximum Gasteiger partial charge on any atom is 0.311 e. The van der Waals surface area contributed by atoms with Crippen LogP contribution in [0.3, 0.4) is 0 Å². The summed E-state index contributed by atoms with van der Waals surface area (Å²) < 4.78 is 5.23. The van der Waals surface area contributed by atoms with Crippen LogP contribution in [0.4, 0.5) is 5.69 Å². The molecule has 0 spiro atoms. The number of likely N-dealkylation sites (N-methyl/N-ethyl adjacent to an activating group) is 1. The van der Waals surface area contributed by atoms with Crippen LogP contribution >= 0.6 is 0 Å². The summed E-state index contributed by atoms with van der Waals surface area (Å²) in [6.45, 7) is 3.74. The van der Waals surface area contributed by atoms with E-state index in [0.717, 1.165) is 12.0 Å². The van der Waals surface area contributed by atoms with Gasteiger partial charge in [0.25, 0.3) is 5.91 Å². The maximum absolute atomic E-state index is 11.9. The Kier molecular flexibility index (Phi) is 6.98. The van der Waals surface area contributed by atoms with Crippen molar-refractivity contribution in [2.45, 2.75) is 20.3 Å². The number of nitrogens with zero attached hydrogens (tertiary/aromatic N) is 2. The summed E-state index contributed by atoms with van der Waals surface area (Å²) in [5.74, 6) is -0.673. The normalized spacial score (nSPS) is 10.0. The number of amides is 2. The zero-order valence-corrected chi connectivity index (χ0v) is 13.5. The number of benzene rings is 1. The van der Waals surface area contributed by atoms with Gasteiger partial charge >= 0.3 is 5.69 Å². The fraction of sp³-hybridized carbons (Fsp3) is 0.467. The number of hydrogen-bond acceptors (Lipinski definition) is 5. The summed E-state index contributed by atoms with van der Waals surface area (Å²) in [5.41, 5.74) is 0.529. The van der Waals surface area contributed by atoms with Crippen LogP contribution in [0.15, 0.2) is 18.2 Å². The van der Waals surface area contributed by atoms with Gasteiger partial charge in [-0.25, -0.2) is 0 Å². The van der Waals surface area contributed by atoms with Crippen LogP contribution in [0, 0.1) is 17.0 Å². The molecule has 0 fully saturated rings. The minimum Gasteiger partial charge on any atom is -0.477 e. The molecule has 0 saturated carbocycles. The Hall–Kier alpha value is -2.64. The highest BCUT2D eigenvalue weighted by Crippen LogP contribution is 2.27. The molecule has 1 aromatic carbocycles. The van der Waals surface area contributed by atoms with Crippen molar-refractivity contribution in [3.8, 4) is 5.75 Å². The van der Waals surface area contributed by atoms with Gasteiger partial charge in [-0.2, -0.15) is 0 Å². The quantitative estimate of drug-likeness (QED) is 0.573. The van der Waals surface area contributed by atoms with Crippen molar-refractivity contribution in [3.05, 3.63) is 33.9 Å². The molecule has 0 aliphatic rings. The van der Waals surface area contributed by atoms with Crippen LogP contribution < -0.4 is 10.1 Å². The van der Waals surface area contributed by atoms with E-state index in [9.17, 15) is 19.7 Å². The van der Waals surface area contributed by atoms with E-state index in [0.29, 0.717) is 6.54 Å². The predicted molar refractivity (Wildman–Crippen MR) is 84.3 cm³/mol. The summed E-state index contributed by atoms with van der Waals surface area (Å²) in [6.07, 6.45) is 0.809. The molecule has 8 nitrogen and oxygen atoms in total. The molecule has 0 radical (unpaired) electrons. The van der Waals surface area contributed by atoms with E-state index in [1.54, 1.807) is 13.0 Å². The molecule has 1 rings (SSSR count). The van der Waals surface area contributed by atoms with Crippen molar-refractivity contribution in [2.24, 2.45) is 0 Å². The van der Waals surface area contributed by atoms with Crippen molar-refractivity contribution in [2.75, 3.05) is 26.7 Å². The molecule has 0 aromatic heterocycles. The summed E-state index contributed by atoms with van der Waals surface area (Å²) in [7, 11) is 1.47. The first-order chi connectivity index (χ1) is 10.8. The van der Waals surface area contributed by atoms with Crippen molar-refractivity contribution < 1.29 is 19.2 Å². The standard InChI is InChI=1S/C15H21N3O5/c1-4-7-16-14(19)9-17(3)15(20)10-23-13-6-5-11(2)8-12(13)18(21)22/h5-6,8H,4,7,9-10H2,1-3H3,(H,16,19). The van der Waals surface area contributed by atoms with Crippen LogP contribution in [0.5, 0.6) is 5.75 Å². The van der Waals surface area contributed by atoms with Crippen molar-refractivity contribution in [1.82, 2.24) is 10.2 Å². The lowest BCUT2D eigenvalue weighted by Crippen LogP contribution is -2.40. The smallest absolute Gasteiger partial charge is 0.311 e. The van der Waals surface area contributed by atoms with Crippen LogP contribution in [0.25, 0.3) is 0 Å². The molecule has 0 heterocycles. The minimum atomic E-state index is -0.561. The number of nitro benzene ring substituents is 1. The Morgan fingerprint density at radius 2 is 2.09 bits per heavy atom. The van der Waals surface area contributed by atoms with Gasteiger partial charge in [-0.05, 0) is 25.0 Å². The first-order valence-corrected chi connectivity index (χ1v) is 7.23. The fourth-order valence-corrected chi connectivity index (χ4v) is 1.77. The van der Waals surface area contributed by atoms with E-state index in [1.807, 2.05) is 6.92 Å². The number of carbonyl (C=O) groups is 2. The third-order valence-corrected chi connectivity index (χ3v) is 3.04. The second-order valence-corrected chi connectivity index (χ2v) is 5.12. The highest BCUT2D eigenvalue weighted by Gasteiger charge is 2.18. The number of nitrogens with one attached hydrogen (secondary N) is 1. The van der Waals surface area contributed by atoms with Crippen molar-refractivity contribution in [1.29, 1.82) is 0 Å². The summed E-state index contributed by atoms with van der Waals surface area (Å²) >= 11 is 0. The van der Waals surface area contributed by atoms with Gasteiger partial charge in [0.2, 0.25) is 5.91 Å². The highest BCUT2D eigenvalue weighted by atomic mass is 16.6. The second kappa shape index (κ2) is 8.72. The van der Waals surface area contributed by atoms with Gasteiger partial charge in [0, 0.05) is 19.7 Å². The van der Waals surface area contributed by atoms with Crippen LogP contribution in [0.2, 0.25) is 0 Å². The Bertz CT molecular complexity index is 588. The zero-order valence-electron chi connectivity index (χ0n) is 13.5. The van der Waals surface area contributed by atoms with E-state index in [1.165, 1.54) is 24.1 Å². The predicted octanol–water partition coefficient (Wildman–Crippen LogP) is 1.27. The monoisotopic (exact) mass is 323 g/mol. The Morgan fingerprint density at radius 3 is 2.70 bits per heavy atom. The largest absolute Gasteiger partial charge is 0.477 e. The highest BCUT2D eigenvalue weighted by molar-refractivity contribution is 5.85. The van der Waals surface area contributed by atoms with Crippen molar-refractivity contribution in [3.63, 3.8) is 0 Å². The Labute approximate surface area is 134 Å². The van der Waals surface area contributed by atoms with Crippen LogP contribution in [-0.4, -0.2) is 48.4 Å². The zero-order chi connectivity index (χ0) is 17.4. The van der Waals surface area contributed by atoms with Gasteiger partial charge in [-0.1, -0.05) is 13.0 Å². The topological polar surface area (TPSA) is 102 Å². The lowest BCUT2D eigenvalue weighted by atomic mass is 10.2. The maximum atomic E-state index is 11.9. The molecule has 23 heavy (non-hydrogen) atoms. The average Bonchev–Trinajstić information content (AvgIpc) is 2.51. The summed E-state index contributed by atoms with van der Waals surface area (Å²) in [5, 5.41) is 13.6. The van der Waals surface area contributed by atoms with Crippen LogP contribution in [-0.2, 0) is 9.59 Å². The molecule has 2 amide bonds. The molecule has 0 atom stereocenters. The molecule has 0 aliphatic carbocycles.